The van der Waals surface area contributed by atoms with E-state index >= 15 is 0 Å². The van der Waals surface area contributed by atoms with Crippen LogP contribution in [0.2, 0.25) is 5.02 Å². The summed E-state index contributed by atoms with van der Waals surface area (Å²) in [6.45, 7) is 2.23. The fourth-order valence-electron chi connectivity index (χ4n) is 4.78. The SMILES string of the molecule is Cc1cc(NC(=O)[C@H](CCN)NC(=O)[C@@H]2Cc3ccccc3CN2C(=O)CCC(=O)Nc2ccccc2)ccc1Cl. The normalized spacial score (nSPS) is 14.9. The number of nitrogens with two attached hydrogens (primary N) is 1. The zero-order chi connectivity index (χ0) is 29.4. The molecule has 4 amide bonds. The van der Waals surface area contributed by atoms with Gasteiger partial charge in [-0.1, -0.05) is 54.1 Å². The van der Waals surface area contributed by atoms with Crippen LogP contribution in [0.1, 0.15) is 36.0 Å². The van der Waals surface area contributed by atoms with Gasteiger partial charge < -0.3 is 26.6 Å². The van der Waals surface area contributed by atoms with E-state index in [1.165, 1.54) is 4.90 Å². The summed E-state index contributed by atoms with van der Waals surface area (Å²) in [4.78, 5) is 54.1. The summed E-state index contributed by atoms with van der Waals surface area (Å²) < 4.78 is 0. The first kappa shape index (κ1) is 29.8. The van der Waals surface area contributed by atoms with E-state index in [0.29, 0.717) is 16.4 Å². The monoisotopic (exact) mass is 575 g/mol. The lowest BCUT2D eigenvalue weighted by Gasteiger charge is -2.36. The van der Waals surface area contributed by atoms with Crippen molar-refractivity contribution < 1.29 is 19.2 Å². The molecule has 1 aliphatic rings. The van der Waals surface area contributed by atoms with Gasteiger partial charge in [-0.3, -0.25) is 19.2 Å². The van der Waals surface area contributed by atoms with Gasteiger partial charge in [0.1, 0.15) is 12.1 Å². The summed E-state index contributed by atoms with van der Waals surface area (Å²) in [5.41, 5.74) is 9.66. The number of nitrogens with zero attached hydrogens (tertiary/aromatic N) is 1. The zero-order valence-electron chi connectivity index (χ0n) is 22.9. The molecule has 0 saturated carbocycles. The Morgan fingerprint density at radius 2 is 1.63 bits per heavy atom. The quantitative estimate of drug-likeness (QED) is 0.292. The van der Waals surface area contributed by atoms with E-state index in [-0.39, 0.29) is 50.6 Å². The maximum atomic E-state index is 13.6. The van der Waals surface area contributed by atoms with Crippen molar-refractivity contribution in [3.05, 3.63) is 94.5 Å². The maximum Gasteiger partial charge on any atom is 0.246 e. The van der Waals surface area contributed by atoms with E-state index in [4.69, 9.17) is 17.3 Å². The summed E-state index contributed by atoms with van der Waals surface area (Å²) in [6, 6.07) is 20.0. The largest absolute Gasteiger partial charge is 0.342 e. The van der Waals surface area contributed by atoms with Crippen molar-refractivity contribution >= 4 is 46.6 Å². The summed E-state index contributed by atoms with van der Waals surface area (Å²) >= 11 is 6.09. The molecule has 0 aromatic heterocycles. The van der Waals surface area contributed by atoms with Crippen molar-refractivity contribution in [2.24, 2.45) is 5.73 Å². The molecule has 5 N–H and O–H groups in total. The zero-order valence-corrected chi connectivity index (χ0v) is 23.6. The highest BCUT2D eigenvalue weighted by Gasteiger charge is 2.36. The van der Waals surface area contributed by atoms with Crippen LogP contribution >= 0.6 is 11.6 Å². The molecular weight excluding hydrogens is 542 g/mol. The molecule has 41 heavy (non-hydrogen) atoms. The fourth-order valence-corrected chi connectivity index (χ4v) is 4.90. The maximum absolute atomic E-state index is 13.6. The van der Waals surface area contributed by atoms with Crippen LogP contribution in [-0.2, 0) is 32.1 Å². The molecule has 0 saturated heterocycles. The lowest BCUT2D eigenvalue weighted by atomic mass is 9.92. The summed E-state index contributed by atoms with van der Waals surface area (Å²) in [5, 5.41) is 8.98. The average molecular weight is 576 g/mol. The Balaban J connectivity index is 1.46. The highest BCUT2D eigenvalue weighted by Crippen LogP contribution is 2.25. The number of amides is 4. The number of hydrogen-bond acceptors (Lipinski definition) is 5. The van der Waals surface area contributed by atoms with Crippen molar-refractivity contribution in [2.45, 2.75) is 51.2 Å². The molecule has 3 aromatic rings. The van der Waals surface area contributed by atoms with Gasteiger partial charge in [-0.25, -0.2) is 0 Å². The molecule has 2 atom stereocenters. The average Bonchev–Trinajstić information content (AvgIpc) is 2.97. The number of nitrogens with one attached hydrogen (secondary N) is 3. The van der Waals surface area contributed by atoms with Gasteiger partial charge in [0.2, 0.25) is 23.6 Å². The minimum Gasteiger partial charge on any atom is -0.342 e. The Morgan fingerprint density at radius 3 is 2.34 bits per heavy atom. The van der Waals surface area contributed by atoms with Crippen molar-refractivity contribution in [1.82, 2.24) is 10.2 Å². The number of carbonyl (C=O) groups excluding carboxylic acids is 4. The van der Waals surface area contributed by atoms with Gasteiger partial charge in [0.25, 0.3) is 0 Å². The summed E-state index contributed by atoms with van der Waals surface area (Å²) in [5.74, 6) is -1.49. The molecule has 1 heterocycles. The van der Waals surface area contributed by atoms with Gasteiger partial charge in [0, 0.05) is 42.2 Å². The van der Waals surface area contributed by atoms with Crippen LogP contribution in [0.15, 0.2) is 72.8 Å². The minimum absolute atomic E-state index is 0.0288. The first-order valence-electron chi connectivity index (χ1n) is 13.5. The number of anilines is 2. The molecule has 3 aromatic carbocycles. The van der Waals surface area contributed by atoms with Crippen LogP contribution in [0.3, 0.4) is 0 Å². The van der Waals surface area contributed by atoms with Gasteiger partial charge >= 0.3 is 0 Å². The second-order valence-corrected chi connectivity index (χ2v) is 10.4. The molecule has 1 aliphatic heterocycles. The van der Waals surface area contributed by atoms with Crippen LogP contribution in [0.25, 0.3) is 0 Å². The lowest BCUT2D eigenvalue weighted by molar-refractivity contribution is -0.143. The third-order valence-electron chi connectivity index (χ3n) is 7.01. The van der Waals surface area contributed by atoms with Crippen LogP contribution in [0, 0.1) is 6.92 Å². The minimum atomic E-state index is -0.908. The number of hydrogen-bond donors (Lipinski definition) is 4. The molecule has 0 radical (unpaired) electrons. The molecule has 214 valence electrons. The third kappa shape index (κ3) is 7.93. The Hall–Kier alpha value is -4.21. The molecular formula is C31H34ClN5O4. The van der Waals surface area contributed by atoms with Crippen molar-refractivity contribution in [1.29, 1.82) is 0 Å². The van der Waals surface area contributed by atoms with Crippen LogP contribution in [0.5, 0.6) is 0 Å². The molecule has 0 unspecified atom stereocenters. The van der Waals surface area contributed by atoms with Gasteiger partial charge in [-0.05, 0) is 66.9 Å². The van der Waals surface area contributed by atoms with Crippen LogP contribution in [0.4, 0.5) is 11.4 Å². The van der Waals surface area contributed by atoms with Crippen molar-refractivity contribution in [3.63, 3.8) is 0 Å². The molecule has 0 aliphatic carbocycles. The van der Waals surface area contributed by atoms with E-state index in [2.05, 4.69) is 16.0 Å². The number of para-hydroxylation sites is 1. The topological polar surface area (TPSA) is 134 Å². The van der Waals surface area contributed by atoms with E-state index in [9.17, 15) is 19.2 Å². The highest BCUT2D eigenvalue weighted by molar-refractivity contribution is 6.31. The van der Waals surface area contributed by atoms with Crippen molar-refractivity contribution in [2.75, 3.05) is 17.2 Å². The number of halogens is 1. The fraction of sp³-hybridized carbons (Fsp3) is 0.290. The smallest absolute Gasteiger partial charge is 0.246 e. The third-order valence-corrected chi connectivity index (χ3v) is 7.43. The summed E-state index contributed by atoms with van der Waals surface area (Å²) in [6.07, 6.45) is 0.407. The Bertz CT molecular complexity index is 1410. The Morgan fingerprint density at radius 1 is 0.927 bits per heavy atom. The van der Waals surface area contributed by atoms with Gasteiger partial charge in [0.05, 0.1) is 0 Å². The Labute approximate surface area is 244 Å². The van der Waals surface area contributed by atoms with Crippen LogP contribution < -0.4 is 21.7 Å². The van der Waals surface area contributed by atoms with E-state index < -0.39 is 23.9 Å². The summed E-state index contributed by atoms with van der Waals surface area (Å²) in [7, 11) is 0. The number of aryl methyl sites for hydroxylation is 1. The van der Waals surface area contributed by atoms with Crippen molar-refractivity contribution in [3.8, 4) is 0 Å². The number of fused-ring (bicyclic) bond motifs is 1. The molecule has 4 rings (SSSR count). The standard InChI is InChI=1S/C31H34ClN5O4/c1-20-17-24(11-12-25(20)32)35-30(40)26(15-16-33)36-31(41)27-18-21-7-5-6-8-22(21)19-37(27)29(39)14-13-28(38)34-23-9-3-2-4-10-23/h2-12,17,26-27H,13-16,18-19,33H2,1H3,(H,34,38)(H,35,40)(H,36,41)/t26-,27-/m0/s1. The second-order valence-electron chi connectivity index (χ2n) is 10.0. The number of benzene rings is 3. The highest BCUT2D eigenvalue weighted by atomic mass is 35.5. The predicted octanol–water partition coefficient (Wildman–Crippen LogP) is 3.79. The first-order valence-corrected chi connectivity index (χ1v) is 13.9. The molecule has 0 bridgehead atoms. The molecule has 10 heteroatoms. The lowest BCUT2D eigenvalue weighted by Crippen LogP contribution is -2.56. The number of rotatable bonds is 10. The van der Waals surface area contributed by atoms with Gasteiger partial charge in [0.15, 0.2) is 0 Å². The second kappa shape index (κ2) is 13.9. The van der Waals surface area contributed by atoms with E-state index in [1.807, 2.05) is 49.4 Å². The number of carbonyl (C=O) groups is 4. The molecule has 9 nitrogen and oxygen atoms in total. The first-order chi connectivity index (χ1) is 19.7. The van der Waals surface area contributed by atoms with Gasteiger partial charge in [-0.15, -0.1) is 0 Å². The molecule has 0 spiro atoms. The van der Waals surface area contributed by atoms with Crippen LogP contribution in [-0.4, -0.2) is 47.2 Å². The van der Waals surface area contributed by atoms with E-state index in [0.717, 1.165) is 16.7 Å². The molecule has 0 fully saturated rings. The Kier molecular flexibility index (Phi) is 10.1. The predicted molar refractivity (Wildman–Crippen MR) is 159 cm³/mol. The van der Waals surface area contributed by atoms with Gasteiger partial charge in [-0.2, -0.15) is 0 Å². The van der Waals surface area contributed by atoms with E-state index in [1.54, 1.807) is 30.3 Å².